The number of hydrogen-bond donors (Lipinski definition) is 0. The topological polar surface area (TPSA) is 18.5 Å². The smallest absolute Gasteiger partial charge is 0.160 e. The normalized spacial score (nSPS) is 12.0. The summed E-state index contributed by atoms with van der Waals surface area (Å²) in [5, 5.41) is 0. The van der Waals surface area contributed by atoms with E-state index in [1.165, 1.54) is 11.1 Å². The van der Waals surface area contributed by atoms with Gasteiger partial charge in [0.05, 0.1) is 14.2 Å². The highest BCUT2D eigenvalue weighted by Crippen LogP contribution is 2.34. The molecule has 0 saturated heterocycles. The van der Waals surface area contributed by atoms with Crippen molar-refractivity contribution < 1.29 is 9.47 Å². The number of ether oxygens (including phenoxy) is 2. The SMILES string of the molecule is COc1ccc(CC(Br)c2cc(Br)cc(Br)c2)cc1OC. The van der Waals surface area contributed by atoms with Crippen molar-refractivity contribution in [1.82, 2.24) is 0 Å². The molecule has 112 valence electrons. The van der Waals surface area contributed by atoms with Gasteiger partial charge in [0.1, 0.15) is 0 Å². The Hall–Kier alpha value is -0.520. The molecule has 0 aliphatic heterocycles. The molecule has 0 heterocycles. The van der Waals surface area contributed by atoms with Crippen molar-refractivity contribution in [2.45, 2.75) is 11.2 Å². The van der Waals surface area contributed by atoms with Crippen LogP contribution in [0.15, 0.2) is 45.3 Å². The molecule has 1 unspecified atom stereocenters. The van der Waals surface area contributed by atoms with Gasteiger partial charge in [-0.25, -0.2) is 0 Å². The van der Waals surface area contributed by atoms with Gasteiger partial charge in [0.15, 0.2) is 11.5 Å². The summed E-state index contributed by atoms with van der Waals surface area (Å²) in [6.45, 7) is 0. The highest BCUT2D eigenvalue weighted by Gasteiger charge is 2.12. The van der Waals surface area contributed by atoms with Crippen molar-refractivity contribution >= 4 is 47.8 Å². The maximum atomic E-state index is 5.35. The lowest BCUT2D eigenvalue weighted by Gasteiger charge is -2.14. The fourth-order valence-corrected chi connectivity index (χ4v) is 4.06. The summed E-state index contributed by atoms with van der Waals surface area (Å²) in [5.74, 6) is 1.50. The van der Waals surface area contributed by atoms with Crippen LogP contribution in [0.1, 0.15) is 16.0 Å². The Labute approximate surface area is 150 Å². The van der Waals surface area contributed by atoms with Crippen LogP contribution in [0.4, 0.5) is 0 Å². The van der Waals surface area contributed by atoms with Gasteiger partial charge in [-0.3, -0.25) is 0 Å². The number of hydrogen-bond acceptors (Lipinski definition) is 2. The molecule has 0 fully saturated rings. The monoisotopic (exact) mass is 476 g/mol. The number of alkyl halides is 1. The summed E-state index contributed by atoms with van der Waals surface area (Å²) < 4.78 is 12.7. The lowest BCUT2D eigenvalue weighted by Crippen LogP contribution is -1.98. The van der Waals surface area contributed by atoms with Crippen molar-refractivity contribution in [2.75, 3.05) is 14.2 Å². The molecule has 2 nitrogen and oxygen atoms in total. The van der Waals surface area contributed by atoms with E-state index in [0.29, 0.717) is 0 Å². The number of halogens is 3. The quantitative estimate of drug-likeness (QED) is 0.497. The molecule has 0 aliphatic rings. The van der Waals surface area contributed by atoms with Crippen LogP contribution in [0.25, 0.3) is 0 Å². The van der Waals surface area contributed by atoms with Crippen LogP contribution < -0.4 is 9.47 Å². The standard InChI is InChI=1S/C16H15Br3O2/c1-20-15-4-3-10(6-16(15)21-2)5-14(19)11-7-12(17)9-13(18)8-11/h3-4,6-9,14H,5H2,1-2H3. The molecule has 2 aromatic rings. The number of benzene rings is 2. The van der Waals surface area contributed by atoms with Gasteiger partial charge < -0.3 is 9.47 Å². The maximum Gasteiger partial charge on any atom is 0.160 e. The van der Waals surface area contributed by atoms with E-state index in [-0.39, 0.29) is 4.83 Å². The molecular formula is C16H15Br3O2. The molecule has 0 radical (unpaired) electrons. The molecule has 2 rings (SSSR count). The second-order valence-corrected chi connectivity index (χ2v) is 7.50. The van der Waals surface area contributed by atoms with E-state index in [1.807, 2.05) is 18.2 Å². The van der Waals surface area contributed by atoms with Gasteiger partial charge in [-0.1, -0.05) is 53.9 Å². The molecule has 2 aromatic carbocycles. The minimum Gasteiger partial charge on any atom is -0.493 e. The third kappa shape index (κ3) is 4.47. The zero-order chi connectivity index (χ0) is 15.4. The third-order valence-corrected chi connectivity index (χ3v) is 4.88. The lowest BCUT2D eigenvalue weighted by atomic mass is 10.0. The van der Waals surface area contributed by atoms with Crippen LogP contribution in [0.2, 0.25) is 0 Å². The molecule has 21 heavy (non-hydrogen) atoms. The summed E-state index contributed by atoms with van der Waals surface area (Å²) in [6, 6.07) is 12.3. The van der Waals surface area contributed by atoms with Gasteiger partial charge in [0, 0.05) is 13.8 Å². The Morgan fingerprint density at radius 3 is 2.10 bits per heavy atom. The van der Waals surface area contributed by atoms with E-state index >= 15 is 0 Å². The van der Waals surface area contributed by atoms with Crippen molar-refractivity contribution in [3.8, 4) is 11.5 Å². The molecule has 5 heteroatoms. The summed E-state index contributed by atoms with van der Waals surface area (Å²) in [5.41, 5.74) is 2.40. The Kier molecular flexibility index (Phi) is 6.14. The van der Waals surface area contributed by atoms with Gasteiger partial charge in [-0.2, -0.15) is 0 Å². The highest BCUT2D eigenvalue weighted by molar-refractivity contribution is 9.11. The Morgan fingerprint density at radius 1 is 0.905 bits per heavy atom. The van der Waals surface area contributed by atoms with E-state index in [2.05, 4.69) is 66.0 Å². The average Bonchev–Trinajstić information content (AvgIpc) is 2.46. The molecule has 0 amide bonds. The van der Waals surface area contributed by atoms with Crippen molar-refractivity contribution in [3.63, 3.8) is 0 Å². The zero-order valence-electron chi connectivity index (χ0n) is 11.7. The van der Waals surface area contributed by atoms with Gasteiger partial charge in [0.2, 0.25) is 0 Å². The summed E-state index contributed by atoms with van der Waals surface area (Å²) in [4.78, 5) is 0.226. The van der Waals surface area contributed by atoms with Crippen LogP contribution in [-0.2, 0) is 6.42 Å². The molecule has 1 atom stereocenters. The van der Waals surface area contributed by atoms with Crippen LogP contribution >= 0.6 is 47.8 Å². The number of methoxy groups -OCH3 is 2. The van der Waals surface area contributed by atoms with Crippen molar-refractivity contribution in [3.05, 3.63) is 56.5 Å². The molecule has 0 spiro atoms. The number of rotatable bonds is 5. The zero-order valence-corrected chi connectivity index (χ0v) is 16.5. The molecule has 0 aliphatic carbocycles. The molecule has 0 aromatic heterocycles. The predicted octanol–water partition coefficient (Wildman–Crippen LogP) is 5.91. The van der Waals surface area contributed by atoms with Gasteiger partial charge >= 0.3 is 0 Å². The van der Waals surface area contributed by atoms with E-state index in [0.717, 1.165) is 26.9 Å². The first kappa shape index (κ1) is 16.8. The van der Waals surface area contributed by atoms with Gasteiger partial charge in [-0.05, 0) is 47.9 Å². The third-order valence-electron chi connectivity index (χ3n) is 3.11. The van der Waals surface area contributed by atoms with Crippen LogP contribution in [0, 0.1) is 0 Å². The van der Waals surface area contributed by atoms with Crippen LogP contribution in [-0.4, -0.2) is 14.2 Å². The minimum atomic E-state index is 0.226. The molecular weight excluding hydrogens is 464 g/mol. The summed E-state index contributed by atoms with van der Waals surface area (Å²) in [7, 11) is 3.29. The first-order chi connectivity index (χ1) is 10.0. The minimum absolute atomic E-state index is 0.226. The first-order valence-corrected chi connectivity index (χ1v) is 8.84. The van der Waals surface area contributed by atoms with Crippen molar-refractivity contribution in [1.29, 1.82) is 0 Å². The van der Waals surface area contributed by atoms with Gasteiger partial charge in [0.25, 0.3) is 0 Å². The van der Waals surface area contributed by atoms with Crippen molar-refractivity contribution in [2.24, 2.45) is 0 Å². The first-order valence-electron chi connectivity index (χ1n) is 6.34. The summed E-state index contributed by atoms with van der Waals surface area (Å²) in [6.07, 6.45) is 0.864. The second kappa shape index (κ2) is 7.65. The Bertz CT molecular complexity index is 609. The fraction of sp³-hybridized carbons (Fsp3) is 0.250. The van der Waals surface area contributed by atoms with Gasteiger partial charge in [-0.15, -0.1) is 0 Å². The highest BCUT2D eigenvalue weighted by atomic mass is 79.9. The molecule has 0 N–H and O–H groups in total. The largest absolute Gasteiger partial charge is 0.493 e. The Balaban J connectivity index is 2.20. The molecule has 0 saturated carbocycles. The maximum absolute atomic E-state index is 5.35. The fourth-order valence-electron chi connectivity index (χ4n) is 2.09. The van der Waals surface area contributed by atoms with Crippen LogP contribution in [0.3, 0.4) is 0 Å². The summed E-state index contributed by atoms with van der Waals surface area (Å²) >= 11 is 10.8. The van der Waals surface area contributed by atoms with E-state index in [1.54, 1.807) is 14.2 Å². The van der Waals surface area contributed by atoms with E-state index < -0.39 is 0 Å². The molecule has 0 bridgehead atoms. The van der Waals surface area contributed by atoms with E-state index in [4.69, 9.17) is 9.47 Å². The second-order valence-electron chi connectivity index (χ2n) is 4.56. The van der Waals surface area contributed by atoms with E-state index in [9.17, 15) is 0 Å². The Morgan fingerprint density at radius 2 is 1.52 bits per heavy atom. The van der Waals surface area contributed by atoms with Crippen LogP contribution in [0.5, 0.6) is 11.5 Å². The predicted molar refractivity (Wildman–Crippen MR) is 96.8 cm³/mol. The average molecular weight is 479 g/mol. The lowest BCUT2D eigenvalue weighted by molar-refractivity contribution is 0.354.